The van der Waals surface area contributed by atoms with Crippen LogP contribution in [0.2, 0.25) is 0 Å². The number of piperidine rings is 1. The molecule has 228 valence electrons. The predicted octanol–water partition coefficient (Wildman–Crippen LogP) is 5.35. The molecule has 9 nitrogen and oxygen atoms in total. The van der Waals surface area contributed by atoms with Gasteiger partial charge in [-0.1, -0.05) is 37.8 Å². The molecule has 4 fully saturated rings. The maximum atomic E-state index is 14.3. The Labute approximate surface area is 248 Å². The van der Waals surface area contributed by atoms with Gasteiger partial charge in [-0.05, 0) is 88.1 Å². The summed E-state index contributed by atoms with van der Waals surface area (Å²) in [7, 11) is -2.91. The largest absolute Gasteiger partial charge is 0.513 e. The van der Waals surface area contributed by atoms with E-state index in [0.29, 0.717) is 17.9 Å². The molecule has 2 saturated carbocycles. The van der Waals surface area contributed by atoms with E-state index in [2.05, 4.69) is 29.6 Å². The summed E-state index contributed by atoms with van der Waals surface area (Å²) < 4.78 is 38.1. The minimum atomic E-state index is -4.18. The number of nitrogens with one attached hydrogen (secondary N) is 1. The van der Waals surface area contributed by atoms with E-state index >= 15 is 0 Å². The van der Waals surface area contributed by atoms with Crippen LogP contribution < -0.4 is 9.61 Å². The zero-order chi connectivity index (χ0) is 29.9. The number of fused-ring (bicyclic) bond motifs is 1. The first-order chi connectivity index (χ1) is 20.0. The van der Waals surface area contributed by atoms with Crippen LogP contribution in [-0.4, -0.2) is 60.0 Å². The lowest BCUT2D eigenvalue weighted by Crippen LogP contribution is -2.73. The third-order valence-electron chi connectivity index (χ3n) is 10.2. The lowest BCUT2D eigenvalue weighted by atomic mass is 9.47. The number of carbonyl (C=O) groups is 1. The van der Waals surface area contributed by atoms with Crippen LogP contribution in [0.5, 0.6) is 5.75 Å². The zero-order valence-electron chi connectivity index (χ0n) is 25.0. The molecular formula is C32H43N2O7P. The lowest BCUT2D eigenvalue weighted by Gasteiger charge is -2.63. The van der Waals surface area contributed by atoms with Gasteiger partial charge < -0.3 is 23.6 Å². The first-order valence-corrected chi connectivity index (χ1v) is 16.7. The van der Waals surface area contributed by atoms with Crippen LogP contribution in [0.25, 0.3) is 0 Å². The van der Waals surface area contributed by atoms with Crippen LogP contribution in [0.15, 0.2) is 66.2 Å². The fraction of sp³-hybridized carbons (Fsp3) is 0.594. The second kappa shape index (κ2) is 10.8. The number of hydrogen-bond acceptors (Lipinski definition) is 8. The number of esters is 1. The van der Waals surface area contributed by atoms with Crippen molar-refractivity contribution < 1.29 is 33.0 Å². The monoisotopic (exact) mass is 598 g/mol. The maximum absolute atomic E-state index is 14.3. The Balaban J connectivity index is 1.39. The Bertz CT molecular complexity index is 1340. The first kappa shape index (κ1) is 29.5. The second-order valence-electron chi connectivity index (χ2n) is 12.7. The van der Waals surface area contributed by atoms with E-state index < -0.39 is 36.9 Å². The number of likely N-dealkylation sites (tertiary alicyclic amines) is 1. The van der Waals surface area contributed by atoms with Crippen LogP contribution in [0.4, 0.5) is 0 Å². The Morgan fingerprint density at radius 2 is 2.02 bits per heavy atom. The number of allylic oxidation sites excluding steroid dienone is 3. The smallest absolute Gasteiger partial charge is 0.485 e. The maximum Gasteiger partial charge on any atom is 0.513 e. The quantitative estimate of drug-likeness (QED) is 0.198. The van der Waals surface area contributed by atoms with Crippen molar-refractivity contribution in [3.8, 4) is 5.75 Å². The van der Waals surface area contributed by atoms with E-state index in [1.807, 2.05) is 19.1 Å². The van der Waals surface area contributed by atoms with E-state index in [4.69, 9.17) is 18.5 Å². The van der Waals surface area contributed by atoms with Crippen molar-refractivity contribution in [3.05, 3.63) is 66.2 Å². The van der Waals surface area contributed by atoms with Gasteiger partial charge in [-0.15, -0.1) is 0 Å². The zero-order valence-corrected chi connectivity index (χ0v) is 25.8. The van der Waals surface area contributed by atoms with Crippen molar-refractivity contribution in [1.29, 1.82) is 0 Å². The van der Waals surface area contributed by atoms with Gasteiger partial charge in [-0.3, -0.25) is 9.69 Å². The SMILES string of the molecule is C=C(CC)C1OC2=C(OP(=O)(N[C@@H](C)C(=O)OC)Oc3ccccc3)C=CC3C[C@H]4N(CC5CC5)CC[C@@]1(C23)C4(C)O. The molecule has 2 saturated heterocycles. The Kier molecular flexibility index (Phi) is 7.62. The highest BCUT2D eigenvalue weighted by Crippen LogP contribution is 2.68. The molecule has 5 unspecified atom stereocenters. The number of methoxy groups -OCH3 is 1. The summed E-state index contributed by atoms with van der Waals surface area (Å²) in [6.07, 6.45) is 8.30. The number of hydrogen-bond donors (Lipinski definition) is 2. The van der Waals surface area contributed by atoms with Gasteiger partial charge in [0.25, 0.3) is 0 Å². The van der Waals surface area contributed by atoms with Crippen LogP contribution in [-0.2, 0) is 23.4 Å². The average molecular weight is 599 g/mol. The fourth-order valence-corrected chi connectivity index (χ4v) is 9.39. The van der Waals surface area contributed by atoms with Gasteiger partial charge >= 0.3 is 13.7 Å². The van der Waals surface area contributed by atoms with Crippen LogP contribution in [0.3, 0.4) is 0 Å². The van der Waals surface area contributed by atoms with Crippen LogP contribution in [0, 0.1) is 23.2 Å². The van der Waals surface area contributed by atoms with Gasteiger partial charge in [-0.25, -0.2) is 4.57 Å². The molecule has 1 aromatic carbocycles. The van der Waals surface area contributed by atoms with E-state index in [1.54, 1.807) is 24.3 Å². The third-order valence-corrected chi connectivity index (χ3v) is 11.8. The Morgan fingerprint density at radius 3 is 2.69 bits per heavy atom. The van der Waals surface area contributed by atoms with Gasteiger partial charge in [-0.2, -0.15) is 5.09 Å². The number of nitrogens with zero attached hydrogens (tertiary/aromatic N) is 1. The van der Waals surface area contributed by atoms with Gasteiger partial charge in [0.05, 0.1) is 18.1 Å². The highest BCUT2D eigenvalue weighted by Gasteiger charge is 2.73. The number of carbonyl (C=O) groups excluding carboxylic acids is 1. The number of rotatable bonds is 11. The minimum absolute atomic E-state index is 0.00501. The molecule has 6 rings (SSSR count). The van der Waals surface area contributed by atoms with Crippen molar-refractivity contribution in [3.63, 3.8) is 0 Å². The molecule has 3 aliphatic carbocycles. The minimum Gasteiger partial charge on any atom is -0.485 e. The van der Waals surface area contributed by atoms with Crippen molar-refractivity contribution >= 4 is 13.7 Å². The van der Waals surface area contributed by atoms with E-state index in [0.717, 1.165) is 37.4 Å². The molecule has 0 radical (unpaired) electrons. The summed E-state index contributed by atoms with van der Waals surface area (Å²) >= 11 is 0. The van der Waals surface area contributed by atoms with Gasteiger partial charge in [0.1, 0.15) is 23.7 Å². The summed E-state index contributed by atoms with van der Waals surface area (Å²) in [6, 6.07) is 7.72. The molecule has 2 heterocycles. The molecule has 0 amide bonds. The Hall–Kier alpha value is -2.58. The van der Waals surface area contributed by atoms with Crippen LogP contribution >= 0.6 is 7.75 Å². The van der Waals surface area contributed by atoms with Gasteiger partial charge in [0, 0.05) is 18.5 Å². The molecule has 1 spiro atoms. The molecule has 2 bridgehead atoms. The summed E-state index contributed by atoms with van der Waals surface area (Å²) in [5, 5.41) is 15.3. The lowest BCUT2D eigenvalue weighted by molar-refractivity contribution is -0.218. The summed E-state index contributed by atoms with van der Waals surface area (Å²) in [5.41, 5.74) is -0.726. The van der Waals surface area contributed by atoms with E-state index in [-0.39, 0.29) is 23.6 Å². The number of aliphatic hydroxyl groups is 1. The van der Waals surface area contributed by atoms with E-state index in [9.17, 15) is 14.5 Å². The summed E-state index contributed by atoms with van der Waals surface area (Å²) in [4.78, 5) is 14.8. The summed E-state index contributed by atoms with van der Waals surface area (Å²) in [6.45, 7) is 11.9. The molecule has 42 heavy (non-hydrogen) atoms. The van der Waals surface area contributed by atoms with Crippen molar-refractivity contribution in [2.45, 2.75) is 76.7 Å². The first-order valence-electron chi connectivity index (χ1n) is 15.2. The normalized spacial score (nSPS) is 35.5. The number of para-hydroxylation sites is 1. The third kappa shape index (κ3) is 4.83. The van der Waals surface area contributed by atoms with E-state index in [1.165, 1.54) is 26.9 Å². The van der Waals surface area contributed by atoms with Crippen molar-refractivity contribution in [2.75, 3.05) is 20.2 Å². The summed E-state index contributed by atoms with van der Waals surface area (Å²) in [5.74, 6) is 1.23. The second-order valence-corrected chi connectivity index (χ2v) is 14.4. The molecule has 2 N–H and O–H groups in total. The van der Waals surface area contributed by atoms with Gasteiger partial charge in [0.15, 0.2) is 5.76 Å². The highest BCUT2D eigenvalue weighted by molar-refractivity contribution is 7.52. The van der Waals surface area contributed by atoms with Gasteiger partial charge in [0.2, 0.25) is 0 Å². The highest BCUT2D eigenvalue weighted by atomic mass is 31.2. The molecule has 5 aliphatic rings. The molecule has 2 aliphatic heterocycles. The molecule has 1 aromatic rings. The molecular weight excluding hydrogens is 555 g/mol. The standard InChI is InChI=1S/C32H43N2O7P/c1-6-20(2)29-32-16-17-34(19-22-12-13-22)26(31(32,4)36)18-23-14-15-25(28(39-29)27(23)32)41-42(37,33-21(3)30(35)38-5)40-24-10-8-7-9-11-24/h7-11,14-15,21-23,26-27,29,36H,2,6,12-13,16-19H2,1,3-5H3,(H,33,37)/t21-,23?,26+,27?,29?,31?,32-,42?/m0/s1. The average Bonchev–Trinajstić information content (AvgIpc) is 3.71. The van der Waals surface area contributed by atoms with Crippen molar-refractivity contribution in [1.82, 2.24) is 9.99 Å². The molecule has 0 aromatic heterocycles. The fourth-order valence-electron chi connectivity index (χ4n) is 7.86. The topological polar surface area (TPSA) is 107 Å². The number of benzene rings is 1. The van der Waals surface area contributed by atoms with Crippen LogP contribution in [0.1, 0.15) is 52.9 Å². The molecule has 10 heteroatoms. The predicted molar refractivity (Wildman–Crippen MR) is 158 cm³/mol. The molecule has 8 atom stereocenters. The Morgan fingerprint density at radius 1 is 1.29 bits per heavy atom. The van der Waals surface area contributed by atoms with Crippen molar-refractivity contribution in [2.24, 2.45) is 23.2 Å². The number of ether oxygens (including phenoxy) is 2.